The van der Waals surface area contributed by atoms with Crippen molar-refractivity contribution < 1.29 is 45.0 Å². The summed E-state index contributed by atoms with van der Waals surface area (Å²) in [7, 11) is 0. The maximum absolute atomic E-state index is 13.5. The van der Waals surface area contributed by atoms with E-state index in [2.05, 4.69) is 4.74 Å². The van der Waals surface area contributed by atoms with E-state index in [0.29, 0.717) is 5.56 Å². The Morgan fingerprint density at radius 2 is 1.82 bits per heavy atom. The molecule has 34 heavy (non-hydrogen) atoms. The highest BCUT2D eigenvalue weighted by molar-refractivity contribution is 6.30. The molecule has 2 aromatic rings. The minimum absolute atomic E-state index is 0.0204. The first-order chi connectivity index (χ1) is 15.8. The second kappa shape index (κ2) is 10.4. The van der Waals surface area contributed by atoms with Crippen LogP contribution < -0.4 is 5.32 Å². The topological polar surface area (TPSA) is 50.8 Å². The van der Waals surface area contributed by atoms with Crippen LogP contribution in [0.25, 0.3) is 0 Å². The Kier molecular flexibility index (Phi) is 7.94. The highest BCUT2D eigenvalue weighted by Gasteiger charge is 2.44. The predicted octanol–water partition coefficient (Wildman–Crippen LogP) is 6.05. The number of morpholine rings is 1. The molecule has 5 nitrogen and oxygen atoms in total. The molecule has 2 aromatic carbocycles. The number of nitrogens with one attached hydrogen (secondary N) is 1. The van der Waals surface area contributed by atoms with Crippen LogP contribution in [0.3, 0.4) is 0 Å². The number of hydrogen-bond donors (Lipinski definition) is 1. The first-order valence-electron chi connectivity index (χ1n) is 9.83. The molecule has 1 amide bonds. The lowest BCUT2D eigenvalue weighted by Gasteiger charge is -2.35. The molecule has 13 heteroatoms. The first kappa shape index (κ1) is 26.0. The van der Waals surface area contributed by atoms with Crippen LogP contribution >= 0.6 is 11.6 Å². The Balaban J connectivity index is 1.64. The van der Waals surface area contributed by atoms with Crippen molar-refractivity contribution in [3.05, 3.63) is 64.4 Å². The average Bonchev–Trinajstić information content (AvgIpc) is 2.75. The number of carbonyl (C=O) groups excluding carboxylic acids is 1. The van der Waals surface area contributed by atoms with E-state index < -0.39 is 48.6 Å². The van der Waals surface area contributed by atoms with Gasteiger partial charge in [-0.1, -0.05) is 23.7 Å². The summed E-state index contributed by atoms with van der Waals surface area (Å²) in [5.41, 5.74) is -0.646. The van der Waals surface area contributed by atoms with Gasteiger partial charge in [0, 0.05) is 25.3 Å². The van der Waals surface area contributed by atoms with Crippen LogP contribution in [0.2, 0.25) is 5.02 Å². The van der Waals surface area contributed by atoms with E-state index in [9.17, 15) is 35.5 Å². The minimum atomic E-state index is -4.91. The third-order valence-electron chi connectivity index (χ3n) is 4.96. The lowest BCUT2D eigenvalue weighted by Crippen LogP contribution is -2.48. The number of amides is 1. The fourth-order valence-electron chi connectivity index (χ4n) is 3.25. The largest absolute Gasteiger partial charge is 0.435 e. The number of rotatable bonds is 5. The monoisotopic (exact) mass is 514 g/mol. The molecule has 0 unspecified atom stereocenters. The quantitative estimate of drug-likeness (QED) is 0.494. The van der Waals surface area contributed by atoms with Gasteiger partial charge in [0.2, 0.25) is 6.10 Å². The number of ether oxygens (including phenoxy) is 2. The van der Waals surface area contributed by atoms with E-state index in [0.717, 1.165) is 24.3 Å². The van der Waals surface area contributed by atoms with Crippen LogP contribution in [-0.2, 0) is 15.7 Å². The van der Waals surface area contributed by atoms with Crippen LogP contribution in [0.1, 0.15) is 17.2 Å². The first-order valence-corrected chi connectivity index (χ1v) is 10.2. The molecule has 186 valence electrons. The standard InChI is InChI=1S/C21H18ClF7N2O3/c22-15-6-5-14(9-16(15)23)30-19(32)34-18(21(27,28)29)11-31-7-8-33-17(10-31)12-1-3-13(4-2-12)20(24,25)26/h1-6,9,17-18H,7-8,10-11H2,(H,30,32)/t17-,18+/m1/s1. The summed E-state index contributed by atoms with van der Waals surface area (Å²) in [6.07, 6.45) is -14.2. The number of alkyl halides is 6. The van der Waals surface area contributed by atoms with E-state index in [1.54, 1.807) is 0 Å². The Morgan fingerprint density at radius 1 is 1.15 bits per heavy atom. The van der Waals surface area contributed by atoms with Crippen LogP contribution in [0.15, 0.2) is 42.5 Å². The van der Waals surface area contributed by atoms with Gasteiger partial charge in [-0.2, -0.15) is 26.3 Å². The van der Waals surface area contributed by atoms with Crippen LogP contribution in [0.5, 0.6) is 0 Å². The molecule has 1 heterocycles. The van der Waals surface area contributed by atoms with Gasteiger partial charge in [-0.3, -0.25) is 10.2 Å². The molecule has 0 spiro atoms. The molecule has 0 aliphatic carbocycles. The van der Waals surface area contributed by atoms with Gasteiger partial charge in [-0.05, 0) is 35.9 Å². The van der Waals surface area contributed by atoms with Crippen molar-refractivity contribution in [2.45, 2.75) is 24.6 Å². The molecule has 1 saturated heterocycles. The zero-order valence-corrected chi connectivity index (χ0v) is 18.0. The van der Waals surface area contributed by atoms with Crippen molar-refractivity contribution in [3.8, 4) is 0 Å². The van der Waals surface area contributed by atoms with E-state index in [1.165, 1.54) is 23.1 Å². The van der Waals surface area contributed by atoms with Gasteiger partial charge in [0.25, 0.3) is 0 Å². The van der Waals surface area contributed by atoms with Gasteiger partial charge in [0.1, 0.15) is 5.82 Å². The van der Waals surface area contributed by atoms with Crippen molar-refractivity contribution in [1.82, 2.24) is 4.90 Å². The van der Waals surface area contributed by atoms with Gasteiger partial charge in [-0.15, -0.1) is 0 Å². The highest BCUT2D eigenvalue weighted by atomic mass is 35.5. The van der Waals surface area contributed by atoms with Gasteiger partial charge in [-0.25, -0.2) is 9.18 Å². The van der Waals surface area contributed by atoms with Crippen molar-refractivity contribution >= 4 is 23.4 Å². The summed E-state index contributed by atoms with van der Waals surface area (Å²) in [6, 6.07) is 7.25. The molecule has 1 aliphatic rings. The second-order valence-electron chi connectivity index (χ2n) is 7.43. The number of halogens is 8. The number of benzene rings is 2. The fourth-order valence-corrected chi connectivity index (χ4v) is 3.37. The molecule has 1 fully saturated rings. The predicted molar refractivity (Wildman–Crippen MR) is 108 cm³/mol. The lowest BCUT2D eigenvalue weighted by atomic mass is 10.0. The maximum atomic E-state index is 13.5. The van der Waals surface area contributed by atoms with Crippen molar-refractivity contribution in [2.24, 2.45) is 0 Å². The van der Waals surface area contributed by atoms with Crippen molar-refractivity contribution in [3.63, 3.8) is 0 Å². The number of anilines is 1. The van der Waals surface area contributed by atoms with E-state index in [1.807, 2.05) is 5.32 Å². The van der Waals surface area contributed by atoms with Crippen molar-refractivity contribution in [1.29, 1.82) is 0 Å². The normalized spacial score (nSPS) is 18.4. The van der Waals surface area contributed by atoms with E-state index in [-0.39, 0.29) is 30.4 Å². The number of carbonyl (C=O) groups is 1. The van der Waals surface area contributed by atoms with Crippen molar-refractivity contribution in [2.75, 3.05) is 31.6 Å². The molecule has 0 aromatic heterocycles. The number of hydrogen-bond acceptors (Lipinski definition) is 4. The van der Waals surface area contributed by atoms with E-state index in [4.69, 9.17) is 16.3 Å². The Bertz CT molecular complexity index is 999. The molecule has 0 radical (unpaired) electrons. The molecule has 0 saturated carbocycles. The summed E-state index contributed by atoms with van der Waals surface area (Å²) >= 11 is 5.52. The summed E-state index contributed by atoms with van der Waals surface area (Å²) in [5.74, 6) is -0.880. The average molecular weight is 515 g/mol. The van der Waals surface area contributed by atoms with Gasteiger partial charge >= 0.3 is 18.4 Å². The minimum Gasteiger partial charge on any atom is -0.435 e. The summed E-state index contributed by atoms with van der Waals surface area (Å²) in [6.45, 7) is -0.693. The SMILES string of the molecule is O=C(Nc1ccc(Cl)c(F)c1)O[C@@H](CN1CCO[C@@H](c2ccc(C(F)(F)F)cc2)C1)C(F)(F)F. The van der Waals surface area contributed by atoms with Crippen LogP contribution in [0, 0.1) is 5.82 Å². The molecule has 1 N–H and O–H groups in total. The third kappa shape index (κ3) is 6.97. The highest BCUT2D eigenvalue weighted by Crippen LogP contribution is 2.32. The smallest absolute Gasteiger partial charge is 0.426 e. The maximum Gasteiger partial charge on any atom is 0.426 e. The molecule has 3 rings (SSSR count). The Morgan fingerprint density at radius 3 is 2.41 bits per heavy atom. The van der Waals surface area contributed by atoms with E-state index >= 15 is 0 Å². The number of nitrogens with zero attached hydrogens (tertiary/aromatic N) is 1. The van der Waals surface area contributed by atoms with Crippen LogP contribution in [0.4, 0.5) is 41.2 Å². The zero-order valence-electron chi connectivity index (χ0n) is 17.2. The second-order valence-corrected chi connectivity index (χ2v) is 7.84. The van der Waals surface area contributed by atoms with Gasteiger partial charge in [0.05, 0.1) is 23.3 Å². The Labute approximate surface area is 194 Å². The summed E-state index contributed by atoms with van der Waals surface area (Å²) in [4.78, 5) is 13.3. The zero-order chi connectivity index (χ0) is 25.1. The third-order valence-corrected chi connectivity index (χ3v) is 5.27. The molecule has 1 aliphatic heterocycles. The summed E-state index contributed by atoms with van der Waals surface area (Å²) in [5, 5.41) is 1.77. The van der Waals surface area contributed by atoms with Gasteiger partial charge in [0.15, 0.2) is 0 Å². The summed E-state index contributed by atoms with van der Waals surface area (Å²) < 4.78 is 102. The molecule has 0 bridgehead atoms. The van der Waals surface area contributed by atoms with Crippen LogP contribution in [-0.4, -0.2) is 49.5 Å². The van der Waals surface area contributed by atoms with Gasteiger partial charge < -0.3 is 9.47 Å². The molecule has 2 atom stereocenters. The Hall–Kier alpha value is -2.57. The lowest BCUT2D eigenvalue weighted by molar-refractivity contribution is -0.209. The molecular formula is C21H18ClF7N2O3. The fraction of sp³-hybridized carbons (Fsp3) is 0.381. The molecular weight excluding hydrogens is 497 g/mol.